The van der Waals surface area contributed by atoms with Crippen molar-refractivity contribution in [1.82, 2.24) is 10.0 Å². The van der Waals surface area contributed by atoms with Gasteiger partial charge in [0.05, 0.1) is 0 Å². The van der Waals surface area contributed by atoms with E-state index in [1.54, 1.807) is 0 Å². The molecule has 4 nitrogen and oxygen atoms in total. The number of hydrogen-bond donors (Lipinski definition) is 2. The fourth-order valence-electron chi connectivity index (χ4n) is 2.18. The van der Waals surface area contributed by atoms with Crippen LogP contribution in [0.3, 0.4) is 0 Å². The van der Waals surface area contributed by atoms with E-state index in [0.29, 0.717) is 6.42 Å². The van der Waals surface area contributed by atoms with Gasteiger partial charge in [0.1, 0.15) is 12.5 Å². The van der Waals surface area contributed by atoms with Gasteiger partial charge in [-0.05, 0) is 25.7 Å². The van der Waals surface area contributed by atoms with E-state index in [-0.39, 0.29) is 0 Å². The number of nitrogens with zero attached hydrogens (tertiary/aromatic N) is 2. The Bertz CT molecular complexity index is 191. The second-order valence-corrected chi connectivity index (χ2v) is 4.78. The average molecular weight is 260 g/mol. The highest BCUT2D eigenvalue weighted by Crippen LogP contribution is 2.14. The van der Waals surface area contributed by atoms with Crippen LogP contribution < -0.4 is 0 Å². The van der Waals surface area contributed by atoms with Crippen LogP contribution in [-0.4, -0.2) is 45.8 Å². The lowest BCUT2D eigenvalue weighted by Crippen LogP contribution is -2.53. The van der Waals surface area contributed by atoms with Crippen molar-refractivity contribution in [1.29, 1.82) is 0 Å². The SMILES string of the molecule is CCCCCC(O)N(CC)N(CCC)C(O)CC. The summed E-state index contributed by atoms with van der Waals surface area (Å²) in [6, 6.07) is 0. The first kappa shape index (κ1) is 17.8. The monoisotopic (exact) mass is 260 g/mol. The van der Waals surface area contributed by atoms with E-state index in [0.717, 1.165) is 45.2 Å². The number of hydrogen-bond acceptors (Lipinski definition) is 4. The molecule has 0 bridgehead atoms. The van der Waals surface area contributed by atoms with Crippen LogP contribution in [0.2, 0.25) is 0 Å². The van der Waals surface area contributed by atoms with Crippen LogP contribution in [0.1, 0.15) is 66.2 Å². The molecule has 0 fully saturated rings. The van der Waals surface area contributed by atoms with E-state index in [9.17, 15) is 10.2 Å². The summed E-state index contributed by atoms with van der Waals surface area (Å²) in [5, 5.41) is 24.1. The third kappa shape index (κ3) is 6.14. The van der Waals surface area contributed by atoms with Crippen molar-refractivity contribution in [3.63, 3.8) is 0 Å². The van der Waals surface area contributed by atoms with Crippen molar-refractivity contribution in [2.45, 2.75) is 78.7 Å². The second-order valence-electron chi connectivity index (χ2n) is 4.78. The minimum Gasteiger partial charge on any atom is -0.377 e. The van der Waals surface area contributed by atoms with Crippen molar-refractivity contribution < 1.29 is 10.2 Å². The van der Waals surface area contributed by atoms with Crippen LogP contribution in [0.5, 0.6) is 0 Å². The van der Waals surface area contributed by atoms with Crippen LogP contribution in [0.15, 0.2) is 0 Å². The maximum Gasteiger partial charge on any atom is 0.120 e. The van der Waals surface area contributed by atoms with Gasteiger partial charge in [-0.1, -0.05) is 40.5 Å². The summed E-state index contributed by atoms with van der Waals surface area (Å²) in [6.45, 7) is 9.75. The van der Waals surface area contributed by atoms with E-state index >= 15 is 0 Å². The summed E-state index contributed by atoms with van der Waals surface area (Å²) in [5.74, 6) is 0. The number of aliphatic hydroxyl groups is 2. The summed E-state index contributed by atoms with van der Waals surface area (Å²) in [7, 11) is 0. The Hall–Kier alpha value is -0.160. The minimum absolute atomic E-state index is 0.478. The van der Waals surface area contributed by atoms with Gasteiger partial charge >= 0.3 is 0 Å². The molecule has 0 aromatic carbocycles. The van der Waals surface area contributed by atoms with Crippen LogP contribution >= 0.6 is 0 Å². The third-order valence-corrected chi connectivity index (χ3v) is 3.23. The highest BCUT2D eigenvalue weighted by Gasteiger charge is 2.24. The molecule has 0 spiro atoms. The summed E-state index contributed by atoms with van der Waals surface area (Å²) >= 11 is 0. The smallest absolute Gasteiger partial charge is 0.120 e. The highest BCUT2D eigenvalue weighted by molar-refractivity contribution is 4.63. The fourth-order valence-corrected chi connectivity index (χ4v) is 2.18. The molecule has 0 heterocycles. The summed E-state index contributed by atoms with van der Waals surface area (Å²) in [4.78, 5) is 0. The van der Waals surface area contributed by atoms with Gasteiger partial charge in [0, 0.05) is 13.1 Å². The fraction of sp³-hybridized carbons (Fsp3) is 1.00. The van der Waals surface area contributed by atoms with Crippen LogP contribution in [0, 0.1) is 0 Å². The molecule has 0 aliphatic heterocycles. The molecule has 0 aromatic rings. The lowest BCUT2D eigenvalue weighted by Gasteiger charge is -2.40. The van der Waals surface area contributed by atoms with Gasteiger partial charge in [-0.25, -0.2) is 10.0 Å². The highest BCUT2D eigenvalue weighted by atomic mass is 16.3. The van der Waals surface area contributed by atoms with E-state index < -0.39 is 12.5 Å². The van der Waals surface area contributed by atoms with Gasteiger partial charge in [-0.2, -0.15) is 0 Å². The molecule has 0 aliphatic rings. The quantitative estimate of drug-likeness (QED) is 0.340. The summed E-state index contributed by atoms with van der Waals surface area (Å²) < 4.78 is 0. The second kappa shape index (κ2) is 10.7. The van der Waals surface area contributed by atoms with E-state index in [2.05, 4.69) is 13.8 Å². The average Bonchev–Trinajstić information content (AvgIpc) is 2.38. The molecule has 0 saturated carbocycles. The number of aliphatic hydroxyl groups excluding tert-OH is 2. The van der Waals surface area contributed by atoms with Crippen LogP contribution in [0.4, 0.5) is 0 Å². The molecular formula is C14H32N2O2. The molecular weight excluding hydrogens is 228 g/mol. The van der Waals surface area contributed by atoms with E-state index in [1.807, 2.05) is 23.9 Å². The molecule has 0 amide bonds. The Kier molecular flexibility index (Phi) is 10.6. The Morgan fingerprint density at radius 1 is 0.833 bits per heavy atom. The molecule has 18 heavy (non-hydrogen) atoms. The number of rotatable bonds is 11. The molecule has 4 heteroatoms. The molecule has 2 atom stereocenters. The molecule has 0 aliphatic carbocycles. The van der Waals surface area contributed by atoms with Gasteiger partial charge in [-0.3, -0.25) is 0 Å². The summed E-state index contributed by atoms with van der Waals surface area (Å²) in [6.07, 6.45) is 4.80. The molecule has 0 aromatic heterocycles. The van der Waals surface area contributed by atoms with Crippen molar-refractivity contribution in [3.05, 3.63) is 0 Å². The Balaban J connectivity index is 4.46. The lowest BCUT2D eigenvalue weighted by molar-refractivity contribution is -0.204. The van der Waals surface area contributed by atoms with Crippen LogP contribution in [-0.2, 0) is 0 Å². The predicted molar refractivity (Wildman–Crippen MR) is 75.8 cm³/mol. The number of unbranched alkanes of at least 4 members (excludes halogenated alkanes) is 2. The van der Waals surface area contributed by atoms with Crippen LogP contribution in [0.25, 0.3) is 0 Å². The van der Waals surface area contributed by atoms with Gasteiger partial charge in [0.25, 0.3) is 0 Å². The zero-order valence-electron chi connectivity index (χ0n) is 12.6. The molecule has 2 N–H and O–H groups in total. The molecule has 0 rings (SSSR count). The standard InChI is InChI=1S/C14H32N2O2/c1-5-9-10-11-14(18)15(8-4)16(12-6-2)13(17)7-3/h13-14,17-18H,5-12H2,1-4H3. The molecule has 110 valence electrons. The Morgan fingerprint density at radius 3 is 1.94 bits per heavy atom. The zero-order valence-corrected chi connectivity index (χ0v) is 12.6. The normalized spacial score (nSPS) is 15.3. The first-order valence-corrected chi connectivity index (χ1v) is 7.51. The Labute approximate surface area is 113 Å². The van der Waals surface area contributed by atoms with E-state index in [1.165, 1.54) is 0 Å². The van der Waals surface area contributed by atoms with Crippen molar-refractivity contribution in [2.24, 2.45) is 0 Å². The van der Waals surface area contributed by atoms with E-state index in [4.69, 9.17) is 0 Å². The first-order chi connectivity index (χ1) is 8.62. The van der Waals surface area contributed by atoms with Gasteiger partial charge in [-0.15, -0.1) is 0 Å². The molecule has 0 saturated heterocycles. The summed E-state index contributed by atoms with van der Waals surface area (Å²) in [5.41, 5.74) is 0. The van der Waals surface area contributed by atoms with Crippen molar-refractivity contribution in [2.75, 3.05) is 13.1 Å². The maximum absolute atomic E-state index is 10.3. The van der Waals surface area contributed by atoms with Crippen molar-refractivity contribution in [3.8, 4) is 0 Å². The van der Waals surface area contributed by atoms with Gasteiger partial charge < -0.3 is 10.2 Å². The lowest BCUT2D eigenvalue weighted by atomic mass is 10.2. The number of hydrazine groups is 1. The molecule has 0 radical (unpaired) electrons. The maximum atomic E-state index is 10.3. The topological polar surface area (TPSA) is 46.9 Å². The zero-order chi connectivity index (χ0) is 14.0. The largest absolute Gasteiger partial charge is 0.377 e. The van der Waals surface area contributed by atoms with Gasteiger partial charge in [0.2, 0.25) is 0 Å². The van der Waals surface area contributed by atoms with Crippen molar-refractivity contribution >= 4 is 0 Å². The molecule has 2 unspecified atom stereocenters. The predicted octanol–water partition coefficient (Wildman–Crippen LogP) is 2.56. The Morgan fingerprint density at radius 2 is 1.50 bits per heavy atom. The van der Waals surface area contributed by atoms with Gasteiger partial charge in [0.15, 0.2) is 0 Å². The third-order valence-electron chi connectivity index (χ3n) is 3.23. The minimum atomic E-state index is -0.495. The first-order valence-electron chi connectivity index (χ1n) is 7.51.